The van der Waals surface area contributed by atoms with Crippen molar-refractivity contribution in [2.24, 2.45) is 0 Å². The Morgan fingerprint density at radius 1 is 1.20 bits per heavy atom. The Labute approximate surface area is 124 Å². The van der Waals surface area contributed by atoms with Crippen molar-refractivity contribution in [2.45, 2.75) is 6.92 Å². The van der Waals surface area contributed by atoms with Gasteiger partial charge in [-0.25, -0.2) is 8.78 Å². The van der Waals surface area contributed by atoms with Crippen LogP contribution in [0, 0.1) is 18.6 Å². The van der Waals surface area contributed by atoms with Crippen LogP contribution in [0.25, 0.3) is 0 Å². The van der Waals surface area contributed by atoms with Crippen LogP contribution >= 0.6 is 15.9 Å². The summed E-state index contributed by atoms with van der Waals surface area (Å²) < 4.78 is 33.6. The number of ether oxygens (including phenoxy) is 1. The van der Waals surface area contributed by atoms with Crippen LogP contribution in [0.15, 0.2) is 40.9 Å². The van der Waals surface area contributed by atoms with Gasteiger partial charge in [0.25, 0.3) is 0 Å². The Morgan fingerprint density at radius 2 is 2.00 bits per heavy atom. The van der Waals surface area contributed by atoms with E-state index < -0.39 is 11.6 Å². The van der Waals surface area contributed by atoms with Gasteiger partial charge in [0.05, 0.1) is 0 Å². The monoisotopic (exact) mass is 341 g/mol. The fraction of sp³-hybridized carbons (Fsp3) is 0.200. The second kappa shape index (κ2) is 6.70. The zero-order valence-electron chi connectivity index (χ0n) is 10.9. The smallest absolute Gasteiger partial charge is 0.152 e. The Hall–Kier alpha value is -1.62. The third-order valence-corrected chi connectivity index (χ3v) is 3.25. The molecule has 2 rings (SSSR count). The number of anilines is 1. The second-order valence-corrected chi connectivity index (χ2v) is 5.20. The first-order valence-corrected chi connectivity index (χ1v) is 6.94. The molecule has 106 valence electrons. The highest BCUT2D eigenvalue weighted by Gasteiger charge is 2.10. The largest absolute Gasteiger partial charge is 0.492 e. The predicted octanol–water partition coefficient (Wildman–Crippen LogP) is 4.53. The minimum atomic E-state index is -0.601. The number of nitrogens with one attached hydrogen (secondary N) is 1. The molecule has 5 heteroatoms. The van der Waals surface area contributed by atoms with Crippen molar-refractivity contribution < 1.29 is 13.5 Å². The number of rotatable bonds is 5. The standard InChI is InChI=1S/C15H14BrF2NO/c1-10-5-6-13(17)15(14(10)18)19-7-8-20-12-4-2-3-11(16)9-12/h2-6,9,19H,7-8H2,1H3. The van der Waals surface area contributed by atoms with Gasteiger partial charge in [-0.1, -0.05) is 28.1 Å². The van der Waals surface area contributed by atoms with Crippen molar-refractivity contribution in [3.05, 3.63) is 58.1 Å². The van der Waals surface area contributed by atoms with E-state index in [0.717, 1.165) is 4.47 Å². The lowest BCUT2D eigenvalue weighted by Gasteiger charge is -2.11. The van der Waals surface area contributed by atoms with Crippen molar-refractivity contribution in [1.29, 1.82) is 0 Å². The molecule has 0 fully saturated rings. The molecule has 0 spiro atoms. The zero-order chi connectivity index (χ0) is 14.5. The summed E-state index contributed by atoms with van der Waals surface area (Å²) in [4.78, 5) is 0. The van der Waals surface area contributed by atoms with Crippen molar-refractivity contribution in [3.8, 4) is 5.75 Å². The first-order valence-electron chi connectivity index (χ1n) is 6.15. The maximum Gasteiger partial charge on any atom is 0.152 e. The highest BCUT2D eigenvalue weighted by atomic mass is 79.9. The predicted molar refractivity (Wildman–Crippen MR) is 79.2 cm³/mol. The van der Waals surface area contributed by atoms with E-state index in [1.165, 1.54) is 12.1 Å². The summed E-state index contributed by atoms with van der Waals surface area (Å²) in [6.07, 6.45) is 0. The highest BCUT2D eigenvalue weighted by molar-refractivity contribution is 9.10. The number of hydrogen-bond donors (Lipinski definition) is 1. The number of halogens is 3. The van der Waals surface area contributed by atoms with Crippen LogP contribution in [0.1, 0.15) is 5.56 Å². The summed E-state index contributed by atoms with van der Waals surface area (Å²) in [6, 6.07) is 10.0. The summed E-state index contributed by atoms with van der Waals surface area (Å²) in [5.41, 5.74) is 0.296. The summed E-state index contributed by atoms with van der Waals surface area (Å²) in [7, 11) is 0. The first kappa shape index (κ1) is 14.8. The van der Waals surface area contributed by atoms with E-state index in [-0.39, 0.29) is 5.69 Å². The van der Waals surface area contributed by atoms with Gasteiger partial charge in [0.15, 0.2) is 5.82 Å². The van der Waals surface area contributed by atoms with Crippen LogP contribution in [-0.2, 0) is 0 Å². The Morgan fingerprint density at radius 3 is 2.75 bits per heavy atom. The van der Waals surface area contributed by atoms with Crippen LogP contribution in [0.3, 0.4) is 0 Å². The molecule has 0 amide bonds. The lowest BCUT2D eigenvalue weighted by Crippen LogP contribution is -2.13. The molecule has 0 saturated heterocycles. The van der Waals surface area contributed by atoms with Gasteiger partial charge >= 0.3 is 0 Å². The average molecular weight is 342 g/mol. The van der Waals surface area contributed by atoms with E-state index in [4.69, 9.17) is 4.74 Å². The molecule has 2 nitrogen and oxygen atoms in total. The van der Waals surface area contributed by atoms with E-state index in [1.54, 1.807) is 6.92 Å². The SMILES string of the molecule is Cc1ccc(F)c(NCCOc2cccc(Br)c2)c1F. The van der Waals surface area contributed by atoms with Gasteiger partial charge in [-0.2, -0.15) is 0 Å². The maximum atomic E-state index is 13.7. The number of aryl methyl sites for hydroxylation is 1. The fourth-order valence-corrected chi connectivity index (χ4v) is 2.10. The van der Waals surface area contributed by atoms with Crippen molar-refractivity contribution in [2.75, 3.05) is 18.5 Å². The van der Waals surface area contributed by atoms with Crippen LogP contribution in [0.5, 0.6) is 5.75 Å². The summed E-state index contributed by atoms with van der Waals surface area (Å²) in [6.45, 7) is 2.21. The molecular weight excluding hydrogens is 328 g/mol. The molecule has 0 aliphatic heterocycles. The molecular formula is C15H14BrF2NO. The Kier molecular flexibility index (Phi) is 4.95. The van der Waals surface area contributed by atoms with Gasteiger partial charge < -0.3 is 10.1 Å². The molecule has 0 radical (unpaired) electrons. The number of hydrogen-bond acceptors (Lipinski definition) is 2. The van der Waals surface area contributed by atoms with Crippen LogP contribution in [-0.4, -0.2) is 13.2 Å². The molecule has 0 saturated carbocycles. The Balaban J connectivity index is 1.89. The summed E-state index contributed by atoms with van der Waals surface area (Å²) in [5.74, 6) is -0.464. The molecule has 0 aliphatic rings. The minimum absolute atomic E-state index is 0.108. The highest BCUT2D eigenvalue weighted by Crippen LogP contribution is 2.21. The molecule has 0 atom stereocenters. The number of benzene rings is 2. The Bertz CT molecular complexity index is 604. The lowest BCUT2D eigenvalue weighted by atomic mass is 10.2. The van der Waals surface area contributed by atoms with Crippen molar-refractivity contribution >= 4 is 21.6 Å². The van der Waals surface area contributed by atoms with Gasteiger partial charge in [0, 0.05) is 11.0 Å². The molecule has 0 heterocycles. The van der Waals surface area contributed by atoms with Gasteiger partial charge in [-0.05, 0) is 36.8 Å². The van der Waals surface area contributed by atoms with Crippen LogP contribution in [0.4, 0.5) is 14.5 Å². The topological polar surface area (TPSA) is 21.3 Å². The van der Waals surface area contributed by atoms with Crippen molar-refractivity contribution in [3.63, 3.8) is 0 Å². The normalized spacial score (nSPS) is 10.4. The first-order chi connectivity index (χ1) is 9.58. The molecule has 0 aliphatic carbocycles. The maximum absolute atomic E-state index is 13.7. The van der Waals surface area contributed by atoms with Crippen LogP contribution in [0.2, 0.25) is 0 Å². The van der Waals surface area contributed by atoms with Gasteiger partial charge in [-0.3, -0.25) is 0 Å². The van der Waals surface area contributed by atoms with Gasteiger partial charge in [-0.15, -0.1) is 0 Å². The third kappa shape index (κ3) is 3.70. The quantitative estimate of drug-likeness (QED) is 0.807. The van der Waals surface area contributed by atoms with E-state index in [2.05, 4.69) is 21.2 Å². The van der Waals surface area contributed by atoms with E-state index >= 15 is 0 Å². The fourth-order valence-electron chi connectivity index (χ4n) is 1.72. The van der Waals surface area contributed by atoms with Gasteiger partial charge in [0.2, 0.25) is 0 Å². The zero-order valence-corrected chi connectivity index (χ0v) is 12.5. The summed E-state index contributed by atoms with van der Waals surface area (Å²) in [5, 5.41) is 2.72. The van der Waals surface area contributed by atoms with Crippen LogP contribution < -0.4 is 10.1 Å². The lowest BCUT2D eigenvalue weighted by molar-refractivity contribution is 0.332. The average Bonchev–Trinajstić information content (AvgIpc) is 2.42. The van der Waals surface area contributed by atoms with Gasteiger partial charge in [0.1, 0.15) is 23.9 Å². The molecule has 20 heavy (non-hydrogen) atoms. The molecule has 0 aromatic heterocycles. The van der Waals surface area contributed by atoms with E-state index in [9.17, 15) is 8.78 Å². The second-order valence-electron chi connectivity index (χ2n) is 4.29. The molecule has 1 N–H and O–H groups in total. The molecule has 0 unspecified atom stereocenters. The van der Waals surface area contributed by atoms with E-state index in [1.807, 2.05) is 24.3 Å². The molecule has 2 aromatic carbocycles. The third-order valence-electron chi connectivity index (χ3n) is 2.75. The molecule has 0 bridgehead atoms. The van der Waals surface area contributed by atoms with E-state index in [0.29, 0.717) is 24.5 Å². The summed E-state index contributed by atoms with van der Waals surface area (Å²) >= 11 is 3.34. The minimum Gasteiger partial charge on any atom is -0.492 e. The molecule has 2 aromatic rings. The van der Waals surface area contributed by atoms with Crippen molar-refractivity contribution in [1.82, 2.24) is 0 Å².